The van der Waals surface area contributed by atoms with E-state index in [1.54, 1.807) is 24.3 Å². The molecule has 0 saturated heterocycles. The Hall–Kier alpha value is -2.36. The Morgan fingerprint density at radius 2 is 1.87 bits per heavy atom. The van der Waals surface area contributed by atoms with Gasteiger partial charge in [-0.1, -0.05) is 12.1 Å². The van der Waals surface area contributed by atoms with Crippen LogP contribution >= 0.6 is 10.7 Å². The van der Waals surface area contributed by atoms with E-state index in [4.69, 9.17) is 15.9 Å². The van der Waals surface area contributed by atoms with Crippen LogP contribution in [0.5, 0.6) is 0 Å². The number of H-pyrrole nitrogens is 1. The fourth-order valence-corrected chi connectivity index (χ4v) is 3.18. The Balaban J connectivity index is 1.93. The number of nitrogens with zero attached hydrogens (tertiary/aromatic N) is 1. The smallest absolute Gasteiger partial charge is 0.261 e. The van der Waals surface area contributed by atoms with Gasteiger partial charge in [0.05, 0.1) is 22.0 Å². The van der Waals surface area contributed by atoms with E-state index < -0.39 is 14.9 Å². The van der Waals surface area contributed by atoms with Crippen molar-refractivity contribution in [3.8, 4) is 6.07 Å². The van der Waals surface area contributed by atoms with E-state index in [2.05, 4.69) is 4.98 Å². The van der Waals surface area contributed by atoms with Crippen molar-refractivity contribution >= 4 is 30.6 Å². The molecule has 1 heterocycles. The van der Waals surface area contributed by atoms with Crippen molar-refractivity contribution in [1.82, 2.24) is 4.98 Å². The van der Waals surface area contributed by atoms with Gasteiger partial charge in [-0.25, -0.2) is 12.8 Å². The molecule has 0 saturated carbocycles. The SMILES string of the molecule is N#Cc1cc(F)c2[nH]c(Cc3ccc(S(=O)(=O)Cl)cc3)cc2c1. The number of fused-ring (bicyclic) bond motifs is 1. The molecular formula is C16H10ClFN2O2S. The molecule has 0 spiro atoms. The molecule has 0 aliphatic rings. The van der Waals surface area contributed by atoms with Gasteiger partial charge in [-0.2, -0.15) is 5.26 Å². The Kier molecular flexibility index (Phi) is 3.84. The number of aromatic amines is 1. The molecule has 0 radical (unpaired) electrons. The van der Waals surface area contributed by atoms with Gasteiger partial charge in [0.2, 0.25) is 0 Å². The minimum Gasteiger partial charge on any atom is -0.356 e. The van der Waals surface area contributed by atoms with Crippen LogP contribution in [0.2, 0.25) is 0 Å². The second kappa shape index (κ2) is 5.69. The van der Waals surface area contributed by atoms with E-state index in [1.807, 2.05) is 6.07 Å². The van der Waals surface area contributed by atoms with E-state index >= 15 is 0 Å². The highest BCUT2D eigenvalue weighted by Gasteiger charge is 2.11. The zero-order chi connectivity index (χ0) is 16.6. The molecule has 116 valence electrons. The summed E-state index contributed by atoms with van der Waals surface area (Å²) in [5, 5.41) is 9.49. The van der Waals surface area contributed by atoms with Gasteiger partial charge in [0.15, 0.2) is 0 Å². The Morgan fingerprint density at radius 1 is 1.17 bits per heavy atom. The van der Waals surface area contributed by atoms with Crippen molar-refractivity contribution in [2.45, 2.75) is 11.3 Å². The number of rotatable bonds is 3. The quantitative estimate of drug-likeness (QED) is 0.733. The molecule has 0 atom stereocenters. The summed E-state index contributed by atoms with van der Waals surface area (Å²) in [7, 11) is 1.53. The van der Waals surface area contributed by atoms with Crippen LogP contribution in [0, 0.1) is 17.1 Å². The molecular weight excluding hydrogens is 339 g/mol. The predicted molar refractivity (Wildman–Crippen MR) is 85.3 cm³/mol. The van der Waals surface area contributed by atoms with E-state index in [0.717, 1.165) is 11.3 Å². The molecule has 1 N–H and O–H groups in total. The summed E-state index contributed by atoms with van der Waals surface area (Å²) in [6, 6.07) is 12.6. The van der Waals surface area contributed by atoms with Gasteiger partial charge in [-0.15, -0.1) is 0 Å². The molecule has 0 bridgehead atoms. The number of nitrogens with one attached hydrogen (secondary N) is 1. The highest BCUT2D eigenvalue weighted by molar-refractivity contribution is 8.13. The molecule has 23 heavy (non-hydrogen) atoms. The lowest BCUT2D eigenvalue weighted by Gasteiger charge is -2.01. The first-order valence-electron chi connectivity index (χ1n) is 6.61. The van der Waals surface area contributed by atoms with Crippen molar-refractivity contribution < 1.29 is 12.8 Å². The molecule has 0 aliphatic carbocycles. The average molecular weight is 349 g/mol. The van der Waals surface area contributed by atoms with E-state index in [9.17, 15) is 12.8 Å². The molecule has 0 amide bonds. The normalized spacial score (nSPS) is 11.5. The molecule has 7 heteroatoms. The van der Waals surface area contributed by atoms with Crippen LogP contribution in [0.15, 0.2) is 47.4 Å². The molecule has 0 aliphatic heterocycles. The highest BCUT2D eigenvalue weighted by atomic mass is 35.7. The van der Waals surface area contributed by atoms with E-state index in [-0.39, 0.29) is 10.5 Å². The number of benzene rings is 2. The zero-order valence-electron chi connectivity index (χ0n) is 11.7. The number of hydrogen-bond donors (Lipinski definition) is 1. The van der Waals surface area contributed by atoms with Gasteiger partial charge >= 0.3 is 0 Å². The summed E-state index contributed by atoms with van der Waals surface area (Å²) < 4.78 is 36.3. The lowest BCUT2D eigenvalue weighted by molar-refractivity contribution is 0.609. The molecule has 4 nitrogen and oxygen atoms in total. The largest absolute Gasteiger partial charge is 0.356 e. The number of aromatic nitrogens is 1. The van der Waals surface area contributed by atoms with Gasteiger partial charge in [0.25, 0.3) is 9.05 Å². The molecule has 0 fully saturated rings. The van der Waals surface area contributed by atoms with Gasteiger partial charge < -0.3 is 4.98 Å². The summed E-state index contributed by atoms with van der Waals surface area (Å²) in [6.07, 6.45) is 0.471. The number of hydrogen-bond acceptors (Lipinski definition) is 3. The molecule has 3 aromatic rings. The number of nitriles is 1. The summed E-state index contributed by atoms with van der Waals surface area (Å²) >= 11 is 0. The maximum atomic E-state index is 13.9. The fraction of sp³-hybridized carbons (Fsp3) is 0.0625. The van der Waals surface area contributed by atoms with Gasteiger partial charge in [-0.05, 0) is 35.9 Å². The van der Waals surface area contributed by atoms with Crippen LogP contribution in [-0.2, 0) is 15.5 Å². The van der Waals surface area contributed by atoms with Crippen molar-refractivity contribution in [3.63, 3.8) is 0 Å². The second-order valence-electron chi connectivity index (χ2n) is 5.09. The third-order valence-corrected chi connectivity index (χ3v) is 4.83. The lowest BCUT2D eigenvalue weighted by atomic mass is 10.1. The molecule has 1 aromatic heterocycles. The van der Waals surface area contributed by atoms with Crippen LogP contribution in [-0.4, -0.2) is 13.4 Å². The maximum absolute atomic E-state index is 13.9. The first kappa shape index (κ1) is 15.5. The van der Waals surface area contributed by atoms with E-state index in [1.165, 1.54) is 18.2 Å². The average Bonchev–Trinajstić information content (AvgIpc) is 2.89. The fourth-order valence-electron chi connectivity index (χ4n) is 2.41. The summed E-state index contributed by atoms with van der Waals surface area (Å²) in [5.74, 6) is -0.478. The van der Waals surface area contributed by atoms with Crippen LogP contribution in [0.4, 0.5) is 4.39 Å². The monoisotopic (exact) mass is 348 g/mol. The predicted octanol–water partition coefficient (Wildman–Crippen LogP) is 3.70. The van der Waals surface area contributed by atoms with Crippen molar-refractivity contribution in [3.05, 3.63) is 65.1 Å². The van der Waals surface area contributed by atoms with Gasteiger partial charge in [-0.3, -0.25) is 0 Å². The minimum absolute atomic E-state index is 0.0317. The Bertz CT molecular complexity index is 1030. The second-order valence-corrected chi connectivity index (χ2v) is 7.65. The first-order chi connectivity index (χ1) is 10.9. The standard InChI is InChI=1S/C16H10ClFN2O2S/c17-23(21,22)14-3-1-10(2-4-14)6-13-8-12-5-11(9-19)7-15(18)16(12)20-13/h1-5,7-8,20H,6H2. The maximum Gasteiger partial charge on any atom is 0.261 e. The zero-order valence-corrected chi connectivity index (χ0v) is 13.2. The lowest BCUT2D eigenvalue weighted by Crippen LogP contribution is -1.92. The summed E-state index contributed by atoms with van der Waals surface area (Å²) in [6.45, 7) is 0. The minimum atomic E-state index is -3.74. The van der Waals surface area contributed by atoms with Crippen molar-refractivity contribution in [2.24, 2.45) is 0 Å². The van der Waals surface area contributed by atoms with Crippen LogP contribution in [0.3, 0.4) is 0 Å². The van der Waals surface area contributed by atoms with Crippen molar-refractivity contribution in [2.75, 3.05) is 0 Å². The van der Waals surface area contributed by atoms with Gasteiger partial charge in [0.1, 0.15) is 5.82 Å². The topological polar surface area (TPSA) is 73.7 Å². The molecule has 3 rings (SSSR count). The Labute approximate surface area is 136 Å². The molecule has 0 unspecified atom stereocenters. The highest BCUT2D eigenvalue weighted by Crippen LogP contribution is 2.23. The van der Waals surface area contributed by atoms with Crippen molar-refractivity contribution in [1.29, 1.82) is 5.26 Å². The first-order valence-corrected chi connectivity index (χ1v) is 8.92. The summed E-state index contributed by atoms with van der Waals surface area (Å²) in [4.78, 5) is 3.01. The van der Waals surface area contributed by atoms with E-state index in [0.29, 0.717) is 17.3 Å². The summed E-state index contributed by atoms with van der Waals surface area (Å²) in [5.41, 5.74) is 2.22. The van der Waals surface area contributed by atoms with Gasteiger partial charge in [0, 0.05) is 28.2 Å². The third-order valence-electron chi connectivity index (χ3n) is 3.46. The van der Waals surface area contributed by atoms with Crippen LogP contribution in [0.1, 0.15) is 16.8 Å². The number of halogens is 2. The Morgan fingerprint density at radius 3 is 2.48 bits per heavy atom. The van der Waals surface area contributed by atoms with Crippen LogP contribution in [0.25, 0.3) is 10.9 Å². The third kappa shape index (κ3) is 3.21. The van der Waals surface area contributed by atoms with Crippen LogP contribution < -0.4 is 0 Å². The molecule has 2 aromatic carbocycles.